The van der Waals surface area contributed by atoms with Crippen molar-refractivity contribution in [1.29, 1.82) is 0 Å². The zero-order valence-electron chi connectivity index (χ0n) is 17.8. The molecule has 3 aliphatic rings. The molecule has 9 nitrogen and oxygen atoms in total. The molecule has 3 aliphatic heterocycles. The van der Waals surface area contributed by atoms with Crippen LogP contribution in [0.4, 0.5) is 0 Å². The van der Waals surface area contributed by atoms with E-state index < -0.39 is 28.3 Å². The van der Waals surface area contributed by atoms with Crippen molar-refractivity contribution in [3.8, 4) is 0 Å². The lowest BCUT2D eigenvalue weighted by molar-refractivity contribution is -0.153. The quantitative estimate of drug-likeness (QED) is 0.670. The van der Waals surface area contributed by atoms with Gasteiger partial charge in [0, 0.05) is 24.7 Å². The number of β-amino-alcohol motifs (C(OH)–C–C–N with tert-alkyl or cyclic N) is 1. The monoisotopic (exact) mass is 488 g/mol. The molecule has 0 radical (unpaired) electrons. The molecular weight excluding hydrogens is 460 g/mol. The highest BCUT2D eigenvalue weighted by Gasteiger charge is 2.43. The minimum Gasteiger partial charge on any atom is -0.389 e. The molecular formula is C21H29ClN2O7S. The van der Waals surface area contributed by atoms with Crippen LogP contribution in [0.2, 0.25) is 5.02 Å². The number of amides is 1. The van der Waals surface area contributed by atoms with Crippen LogP contribution >= 0.6 is 11.6 Å². The molecule has 3 saturated heterocycles. The number of hydrogen-bond donors (Lipinski definition) is 1. The number of hydrogen-bond acceptors (Lipinski definition) is 7. The van der Waals surface area contributed by atoms with Gasteiger partial charge >= 0.3 is 0 Å². The van der Waals surface area contributed by atoms with E-state index in [4.69, 9.17) is 25.8 Å². The van der Waals surface area contributed by atoms with E-state index in [2.05, 4.69) is 0 Å². The third kappa shape index (κ3) is 5.44. The summed E-state index contributed by atoms with van der Waals surface area (Å²) in [5.41, 5.74) is 0. The first-order valence-corrected chi connectivity index (χ1v) is 12.7. The van der Waals surface area contributed by atoms with Crippen LogP contribution < -0.4 is 0 Å². The molecule has 1 amide bonds. The summed E-state index contributed by atoms with van der Waals surface area (Å²) in [6.07, 6.45) is -0.517. The Bertz CT molecular complexity index is 909. The van der Waals surface area contributed by atoms with Crippen LogP contribution in [-0.2, 0) is 29.0 Å². The summed E-state index contributed by atoms with van der Waals surface area (Å²) in [5.74, 6) is 0.0161. The highest BCUT2D eigenvalue weighted by atomic mass is 35.5. The molecule has 3 heterocycles. The number of sulfonamides is 1. The van der Waals surface area contributed by atoms with Crippen molar-refractivity contribution in [1.82, 2.24) is 9.21 Å². The molecule has 1 aromatic rings. The molecule has 11 heteroatoms. The zero-order chi connectivity index (χ0) is 22.7. The van der Waals surface area contributed by atoms with E-state index in [1.165, 1.54) is 16.4 Å². The number of halogens is 1. The summed E-state index contributed by atoms with van der Waals surface area (Å²) in [6.45, 7) is 2.27. The third-order valence-corrected chi connectivity index (χ3v) is 8.22. The van der Waals surface area contributed by atoms with Crippen LogP contribution in [0.25, 0.3) is 0 Å². The number of ether oxygens (including phenoxy) is 3. The summed E-state index contributed by atoms with van der Waals surface area (Å²) >= 11 is 6.03. The van der Waals surface area contributed by atoms with Gasteiger partial charge in [0.1, 0.15) is 0 Å². The Hall–Kier alpha value is -1.27. The van der Waals surface area contributed by atoms with Gasteiger partial charge in [0.25, 0.3) is 0 Å². The summed E-state index contributed by atoms with van der Waals surface area (Å²) in [4.78, 5) is 14.5. The molecule has 0 bridgehead atoms. The van der Waals surface area contributed by atoms with Gasteiger partial charge in [0.2, 0.25) is 15.9 Å². The van der Waals surface area contributed by atoms with Gasteiger partial charge in [0.15, 0.2) is 0 Å². The molecule has 1 aromatic carbocycles. The average molecular weight is 489 g/mol. The van der Waals surface area contributed by atoms with Gasteiger partial charge in [0.05, 0.1) is 62.1 Å². The predicted octanol–water partition coefficient (Wildman–Crippen LogP) is 0.887. The van der Waals surface area contributed by atoms with Crippen LogP contribution in [0, 0.1) is 0 Å². The molecule has 1 N–H and O–H groups in total. The number of rotatable bonds is 4. The van der Waals surface area contributed by atoms with Gasteiger partial charge in [-0.25, -0.2) is 8.42 Å². The number of carbonyl (C=O) groups is 1. The van der Waals surface area contributed by atoms with Gasteiger partial charge in [-0.05, 0) is 31.0 Å². The Morgan fingerprint density at radius 1 is 1.16 bits per heavy atom. The maximum absolute atomic E-state index is 13.5. The Labute approximate surface area is 193 Å². The van der Waals surface area contributed by atoms with E-state index in [9.17, 15) is 18.3 Å². The smallest absolute Gasteiger partial charge is 0.243 e. The van der Waals surface area contributed by atoms with Crippen LogP contribution in [0.5, 0.6) is 0 Å². The van der Waals surface area contributed by atoms with Crippen molar-refractivity contribution in [2.75, 3.05) is 46.1 Å². The van der Waals surface area contributed by atoms with Gasteiger partial charge in [-0.3, -0.25) is 4.79 Å². The number of morpholine rings is 1. The van der Waals surface area contributed by atoms with E-state index in [1.54, 1.807) is 17.0 Å². The minimum atomic E-state index is -3.92. The van der Waals surface area contributed by atoms with E-state index in [0.29, 0.717) is 44.2 Å². The number of aliphatic hydroxyl groups is 1. The predicted molar refractivity (Wildman–Crippen MR) is 116 cm³/mol. The van der Waals surface area contributed by atoms with E-state index in [1.807, 2.05) is 0 Å². The fourth-order valence-electron chi connectivity index (χ4n) is 4.47. The molecule has 0 saturated carbocycles. The highest BCUT2D eigenvalue weighted by Crippen LogP contribution is 2.32. The lowest BCUT2D eigenvalue weighted by Crippen LogP contribution is -2.57. The number of benzene rings is 1. The normalized spacial score (nSPS) is 30.2. The van der Waals surface area contributed by atoms with Crippen molar-refractivity contribution < 1.29 is 32.5 Å². The lowest BCUT2D eigenvalue weighted by atomic mass is 9.96. The number of aliphatic hydroxyl groups excluding tert-OH is 1. The first kappa shape index (κ1) is 23.9. The van der Waals surface area contributed by atoms with Crippen molar-refractivity contribution in [2.45, 2.75) is 48.5 Å². The molecule has 0 spiro atoms. The molecule has 3 fully saturated rings. The van der Waals surface area contributed by atoms with Crippen LogP contribution in [0.15, 0.2) is 29.2 Å². The number of carbonyl (C=O) groups excluding carboxylic acids is 1. The van der Waals surface area contributed by atoms with Gasteiger partial charge < -0.3 is 24.2 Å². The van der Waals surface area contributed by atoms with Crippen LogP contribution in [-0.4, -0.2) is 99.1 Å². The lowest BCUT2D eigenvalue weighted by Gasteiger charge is -2.43. The molecule has 32 heavy (non-hydrogen) atoms. The largest absolute Gasteiger partial charge is 0.389 e. The molecule has 0 unspecified atom stereocenters. The third-order valence-electron chi connectivity index (χ3n) is 6.10. The minimum absolute atomic E-state index is 0.00548. The summed E-state index contributed by atoms with van der Waals surface area (Å²) < 4.78 is 45.3. The standard InChI is InChI=1S/C21H29ClN2O7S/c22-15-2-1-3-18(10-15)32(27,28)24-12-16(25)13-30-14-20-19(24)5-4-17(31-20)11-21(26)23-6-8-29-9-7-23/h1-3,10,16-17,19-20,25H,4-9,11-14H2/t16-,17+,19-,20+/m0/s1. The summed E-state index contributed by atoms with van der Waals surface area (Å²) in [5, 5.41) is 10.6. The Morgan fingerprint density at radius 2 is 1.94 bits per heavy atom. The number of fused-ring (bicyclic) bond motifs is 1. The van der Waals surface area contributed by atoms with Gasteiger partial charge in [-0.2, -0.15) is 4.31 Å². The fraction of sp³-hybridized carbons (Fsp3) is 0.667. The van der Waals surface area contributed by atoms with E-state index in [-0.39, 0.29) is 43.1 Å². The topological polar surface area (TPSA) is 106 Å². The zero-order valence-corrected chi connectivity index (χ0v) is 19.3. The van der Waals surface area contributed by atoms with Crippen LogP contribution in [0.1, 0.15) is 19.3 Å². The second-order valence-electron chi connectivity index (χ2n) is 8.36. The molecule has 4 atom stereocenters. The van der Waals surface area contributed by atoms with Gasteiger partial charge in [-0.15, -0.1) is 0 Å². The van der Waals surface area contributed by atoms with Crippen LogP contribution in [0.3, 0.4) is 0 Å². The molecule has 4 rings (SSSR count). The van der Waals surface area contributed by atoms with Crippen molar-refractivity contribution in [2.24, 2.45) is 0 Å². The molecule has 178 valence electrons. The molecule has 0 aromatic heterocycles. The van der Waals surface area contributed by atoms with E-state index in [0.717, 1.165) is 0 Å². The Balaban J connectivity index is 1.50. The van der Waals surface area contributed by atoms with E-state index >= 15 is 0 Å². The average Bonchev–Trinajstić information content (AvgIpc) is 2.77. The fourth-order valence-corrected chi connectivity index (χ4v) is 6.49. The number of nitrogens with zero attached hydrogens (tertiary/aromatic N) is 2. The summed E-state index contributed by atoms with van der Waals surface area (Å²) in [7, 11) is -3.92. The first-order chi connectivity index (χ1) is 15.3. The maximum atomic E-state index is 13.5. The Morgan fingerprint density at radius 3 is 2.69 bits per heavy atom. The summed E-state index contributed by atoms with van der Waals surface area (Å²) in [6, 6.07) is 5.58. The highest BCUT2D eigenvalue weighted by molar-refractivity contribution is 7.89. The first-order valence-electron chi connectivity index (χ1n) is 10.9. The SMILES string of the molecule is O=C(C[C@H]1CC[C@H]2[C@@H](COC[C@@H](O)CN2S(=O)(=O)c2cccc(Cl)c2)O1)N1CCOCC1. The van der Waals surface area contributed by atoms with Gasteiger partial charge in [-0.1, -0.05) is 17.7 Å². The van der Waals surface area contributed by atoms with Crippen molar-refractivity contribution >= 4 is 27.5 Å². The van der Waals surface area contributed by atoms with Crippen molar-refractivity contribution in [3.63, 3.8) is 0 Å². The maximum Gasteiger partial charge on any atom is 0.243 e. The Kier molecular flexibility index (Phi) is 7.71. The second kappa shape index (κ2) is 10.3. The molecule has 0 aliphatic carbocycles. The second-order valence-corrected chi connectivity index (χ2v) is 10.7. The van der Waals surface area contributed by atoms with Crippen molar-refractivity contribution in [3.05, 3.63) is 29.3 Å².